The largest absolute Gasteiger partial charge is 0.439 e. The number of para-hydroxylation sites is 1. The maximum absolute atomic E-state index is 13.8. The predicted molar refractivity (Wildman–Crippen MR) is 122 cm³/mol. The molecule has 0 N–H and O–H groups in total. The lowest BCUT2D eigenvalue weighted by molar-refractivity contribution is -0.130. The average Bonchev–Trinajstić information content (AvgIpc) is 3.07. The van der Waals surface area contributed by atoms with Gasteiger partial charge >= 0.3 is 0 Å². The van der Waals surface area contributed by atoms with Crippen molar-refractivity contribution >= 4 is 17.7 Å². The molecule has 0 aliphatic carbocycles. The highest BCUT2D eigenvalue weighted by Gasteiger charge is 2.23. The first-order chi connectivity index (χ1) is 15.0. The lowest BCUT2D eigenvalue weighted by Crippen LogP contribution is -2.38. The summed E-state index contributed by atoms with van der Waals surface area (Å²) in [5, 5.41) is 4.72. The van der Waals surface area contributed by atoms with Gasteiger partial charge in [-0.1, -0.05) is 24.3 Å². The van der Waals surface area contributed by atoms with Crippen molar-refractivity contribution in [3.05, 3.63) is 71.2 Å². The number of carbonyl (C=O) groups is 1. The fourth-order valence-corrected chi connectivity index (χ4v) is 4.64. The number of amides is 1. The van der Waals surface area contributed by atoms with Gasteiger partial charge in [-0.15, -0.1) is 0 Å². The van der Waals surface area contributed by atoms with E-state index in [2.05, 4.69) is 0 Å². The number of benzene rings is 2. The Morgan fingerprint density at radius 2 is 1.90 bits per heavy atom. The second kappa shape index (κ2) is 9.56. The maximum atomic E-state index is 13.8. The summed E-state index contributed by atoms with van der Waals surface area (Å²) in [6.45, 7) is 5.54. The summed E-state index contributed by atoms with van der Waals surface area (Å²) in [7, 11) is 0. The molecule has 2 aromatic carbocycles. The van der Waals surface area contributed by atoms with Gasteiger partial charge in [0.1, 0.15) is 11.6 Å². The van der Waals surface area contributed by atoms with Crippen LogP contribution in [0.3, 0.4) is 0 Å². The molecule has 1 aliphatic heterocycles. The smallest absolute Gasteiger partial charge is 0.226 e. The van der Waals surface area contributed by atoms with Gasteiger partial charge in [-0.05, 0) is 44.0 Å². The van der Waals surface area contributed by atoms with Crippen molar-refractivity contribution in [2.75, 3.05) is 24.6 Å². The predicted octanol–water partition coefficient (Wildman–Crippen LogP) is 4.93. The van der Waals surface area contributed by atoms with E-state index in [-0.39, 0.29) is 11.7 Å². The third-order valence-corrected chi connectivity index (χ3v) is 6.39. The van der Waals surface area contributed by atoms with Crippen LogP contribution in [0.2, 0.25) is 0 Å². The molecule has 7 heteroatoms. The Balaban J connectivity index is 1.66. The topological polar surface area (TPSA) is 47.4 Å². The van der Waals surface area contributed by atoms with Crippen LogP contribution in [0, 0.1) is 19.7 Å². The fourth-order valence-electron chi connectivity index (χ4n) is 3.74. The molecule has 1 fully saturated rings. The first-order valence-corrected chi connectivity index (χ1v) is 11.6. The number of aryl methyl sites for hydroxylation is 2. The highest BCUT2D eigenvalue weighted by molar-refractivity contribution is 7.99. The summed E-state index contributed by atoms with van der Waals surface area (Å²) in [4.78, 5) is 14.7. The molecule has 0 spiro atoms. The van der Waals surface area contributed by atoms with Crippen molar-refractivity contribution < 1.29 is 13.9 Å². The number of hydrogen-bond acceptors (Lipinski definition) is 4. The Kier molecular flexibility index (Phi) is 6.61. The quantitative estimate of drug-likeness (QED) is 0.547. The van der Waals surface area contributed by atoms with Crippen LogP contribution in [0.1, 0.15) is 23.2 Å². The van der Waals surface area contributed by atoms with Crippen molar-refractivity contribution in [2.24, 2.45) is 0 Å². The zero-order valence-corrected chi connectivity index (χ0v) is 18.6. The zero-order valence-electron chi connectivity index (χ0n) is 17.8. The molecular formula is C24H26FN3O2S. The highest BCUT2D eigenvalue weighted by atomic mass is 32.2. The number of hydrogen-bond donors (Lipinski definition) is 0. The van der Waals surface area contributed by atoms with Crippen LogP contribution < -0.4 is 4.74 Å². The summed E-state index contributed by atoms with van der Waals surface area (Å²) in [6.07, 6.45) is 0.912. The third-order valence-electron chi connectivity index (χ3n) is 5.44. The van der Waals surface area contributed by atoms with E-state index in [1.54, 1.807) is 16.8 Å². The van der Waals surface area contributed by atoms with E-state index in [9.17, 15) is 9.18 Å². The summed E-state index contributed by atoms with van der Waals surface area (Å²) >= 11 is 1.88. The van der Waals surface area contributed by atoms with E-state index >= 15 is 0 Å². The summed E-state index contributed by atoms with van der Waals surface area (Å²) in [5.41, 5.74) is 3.61. The summed E-state index contributed by atoms with van der Waals surface area (Å²) < 4.78 is 21.7. The molecule has 1 amide bonds. The van der Waals surface area contributed by atoms with Crippen molar-refractivity contribution in [1.82, 2.24) is 14.7 Å². The molecule has 0 radical (unpaired) electrons. The number of nitrogens with zero attached hydrogens (tertiary/aromatic N) is 3. The van der Waals surface area contributed by atoms with Gasteiger partial charge in [0.15, 0.2) is 0 Å². The molecule has 0 bridgehead atoms. The Labute approximate surface area is 186 Å². The number of carbonyl (C=O) groups excluding carboxylic acids is 1. The fraction of sp³-hybridized carbons (Fsp3) is 0.333. The van der Waals surface area contributed by atoms with Gasteiger partial charge in [0.2, 0.25) is 11.8 Å². The molecule has 1 aromatic heterocycles. The van der Waals surface area contributed by atoms with E-state index in [4.69, 9.17) is 9.84 Å². The molecule has 5 nitrogen and oxygen atoms in total. The Hall–Kier alpha value is -2.80. The third kappa shape index (κ3) is 4.93. The first-order valence-electron chi connectivity index (χ1n) is 10.5. The molecule has 0 unspecified atom stereocenters. The van der Waals surface area contributed by atoms with Crippen LogP contribution >= 0.6 is 11.8 Å². The van der Waals surface area contributed by atoms with Crippen LogP contribution in [0.5, 0.6) is 11.6 Å². The van der Waals surface area contributed by atoms with E-state index in [1.165, 1.54) is 12.1 Å². The molecule has 162 valence electrons. The highest BCUT2D eigenvalue weighted by Crippen LogP contribution is 2.32. The average molecular weight is 440 g/mol. The van der Waals surface area contributed by atoms with Crippen LogP contribution in [0.15, 0.2) is 48.5 Å². The lowest BCUT2D eigenvalue weighted by Gasteiger charge is -2.26. The van der Waals surface area contributed by atoms with Crippen molar-refractivity contribution in [1.29, 1.82) is 0 Å². The van der Waals surface area contributed by atoms with Crippen molar-refractivity contribution in [3.63, 3.8) is 0 Å². The minimum absolute atomic E-state index is 0.153. The Morgan fingerprint density at radius 1 is 1.13 bits per heavy atom. The molecule has 3 aromatic rings. The van der Waals surface area contributed by atoms with Gasteiger partial charge in [0, 0.05) is 42.6 Å². The maximum Gasteiger partial charge on any atom is 0.226 e. The SMILES string of the molecule is Cc1ccccc1-n1nc(C)c(CCC(=O)N2CCSCC2)c1Oc1cccc(F)c1. The van der Waals surface area contributed by atoms with Gasteiger partial charge < -0.3 is 9.64 Å². The number of halogens is 1. The molecule has 4 rings (SSSR count). The molecule has 0 saturated carbocycles. The van der Waals surface area contributed by atoms with E-state index < -0.39 is 0 Å². The van der Waals surface area contributed by atoms with Crippen LogP contribution in [0.4, 0.5) is 4.39 Å². The van der Waals surface area contributed by atoms with Gasteiger partial charge in [-0.25, -0.2) is 4.39 Å². The van der Waals surface area contributed by atoms with Gasteiger partial charge in [0.05, 0.1) is 11.4 Å². The number of thioether (sulfide) groups is 1. The van der Waals surface area contributed by atoms with E-state index in [1.807, 2.05) is 54.8 Å². The van der Waals surface area contributed by atoms with E-state index in [0.29, 0.717) is 24.5 Å². The second-order valence-electron chi connectivity index (χ2n) is 7.62. The zero-order chi connectivity index (χ0) is 21.8. The molecule has 0 atom stereocenters. The van der Waals surface area contributed by atoms with E-state index in [0.717, 1.165) is 47.1 Å². The molecule has 2 heterocycles. The Bertz CT molecular complexity index is 1080. The lowest BCUT2D eigenvalue weighted by atomic mass is 10.1. The number of aromatic nitrogens is 2. The van der Waals surface area contributed by atoms with Crippen molar-refractivity contribution in [2.45, 2.75) is 26.7 Å². The monoisotopic (exact) mass is 439 g/mol. The Morgan fingerprint density at radius 3 is 2.65 bits per heavy atom. The normalized spacial score (nSPS) is 14.0. The molecule has 1 saturated heterocycles. The summed E-state index contributed by atoms with van der Waals surface area (Å²) in [6, 6.07) is 14.0. The molecule has 1 aliphatic rings. The van der Waals surface area contributed by atoms with Crippen LogP contribution in [0.25, 0.3) is 5.69 Å². The minimum Gasteiger partial charge on any atom is -0.439 e. The minimum atomic E-state index is -0.365. The van der Waals surface area contributed by atoms with Crippen molar-refractivity contribution in [3.8, 4) is 17.3 Å². The summed E-state index contributed by atoms with van der Waals surface area (Å²) in [5.74, 6) is 2.69. The number of ether oxygens (including phenoxy) is 1. The van der Waals surface area contributed by atoms with Gasteiger partial charge in [-0.2, -0.15) is 21.5 Å². The standard InChI is InChI=1S/C24H26FN3O2S/c1-17-6-3-4-9-22(17)28-24(30-20-8-5-7-19(25)16-20)21(18(2)26-28)10-11-23(29)27-12-14-31-15-13-27/h3-9,16H,10-15H2,1-2H3. The van der Waals surface area contributed by atoms with Gasteiger partial charge in [0.25, 0.3) is 0 Å². The van der Waals surface area contributed by atoms with Crippen LogP contribution in [-0.2, 0) is 11.2 Å². The first kappa shape index (κ1) is 21.4. The van der Waals surface area contributed by atoms with Crippen LogP contribution in [-0.4, -0.2) is 45.2 Å². The van der Waals surface area contributed by atoms with Gasteiger partial charge in [-0.3, -0.25) is 4.79 Å². The molecular weight excluding hydrogens is 413 g/mol. The molecule has 31 heavy (non-hydrogen) atoms. The second-order valence-corrected chi connectivity index (χ2v) is 8.84. The number of rotatable bonds is 6.